The van der Waals surface area contributed by atoms with Gasteiger partial charge in [-0.1, -0.05) is 24.3 Å². The molecule has 2 amide bonds. The molecule has 1 aliphatic heterocycles. The smallest absolute Gasteiger partial charge is 0.238 e. The number of ketones is 1. The maximum atomic E-state index is 13.0. The van der Waals surface area contributed by atoms with Crippen molar-refractivity contribution >= 4 is 23.3 Å². The zero-order valence-corrected chi connectivity index (χ0v) is 12.9. The van der Waals surface area contributed by atoms with E-state index < -0.39 is 0 Å². The van der Waals surface area contributed by atoms with E-state index in [1.807, 2.05) is 0 Å². The molecule has 3 aliphatic carbocycles. The number of anilines is 1. The van der Waals surface area contributed by atoms with Crippen molar-refractivity contribution in [2.75, 3.05) is 4.90 Å². The SMILES string of the molecule is CC(=O)c1cccc(N2C(=O)[C@@H]3[C@@H](C2=O)[C@H]2C=C[C@H]3C23CC3)c1. The van der Waals surface area contributed by atoms with Crippen molar-refractivity contribution in [3.8, 4) is 0 Å². The summed E-state index contributed by atoms with van der Waals surface area (Å²) in [5, 5.41) is 0. The van der Waals surface area contributed by atoms with Gasteiger partial charge < -0.3 is 0 Å². The molecule has 4 heteroatoms. The average molecular weight is 307 g/mol. The predicted molar refractivity (Wildman–Crippen MR) is 83.7 cm³/mol. The summed E-state index contributed by atoms with van der Waals surface area (Å²) in [4.78, 5) is 38.8. The summed E-state index contributed by atoms with van der Waals surface area (Å²) >= 11 is 0. The number of hydrogen-bond acceptors (Lipinski definition) is 3. The van der Waals surface area contributed by atoms with E-state index in [1.165, 1.54) is 11.8 Å². The number of allylic oxidation sites excluding steroid dienone is 2. The number of rotatable bonds is 2. The first-order valence-electron chi connectivity index (χ1n) is 8.22. The van der Waals surface area contributed by atoms with Crippen molar-refractivity contribution in [2.24, 2.45) is 29.1 Å². The number of nitrogens with zero attached hydrogens (tertiary/aromatic N) is 1. The largest absolute Gasteiger partial charge is 0.295 e. The molecule has 1 heterocycles. The quantitative estimate of drug-likeness (QED) is 0.479. The van der Waals surface area contributed by atoms with E-state index in [2.05, 4.69) is 12.2 Å². The van der Waals surface area contributed by atoms with Crippen molar-refractivity contribution in [3.63, 3.8) is 0 Å². The fraction of sp³-hybridized carbons (Fsp3) is 0.421. The van der Waals surface area contributed by atoms with Crippen LogP contribution < -0.4 is 4.90 Å². The minimum absolute atomic E-state index is 0.0650. The van der Waals surface area contributed by atoms with Crippen molar-refractivity contribution in [2.45, 2.75) is 19.8 Å². The third-order valence-electron chi connectivity index (χ3n) is 6.36. The zero-order chi connectivity index (χ0) is 15.9. The minimum atomic E-state index is -0.194. The predicted octanol–water partition coefficient (Wildman–Crippen LogP) is 2.59. The summed E-state index contributed by atoms with van der Waals surface area (Å²) in [6, 6.07) is 6.84. The molecule has 1 saturated heterocycles. The average Bonchev–Trinajstić information content (AvgIpc) is 3.13. The monoisotopic (exact) mass is 307 g/mol. The number of hydrogen-bond donors (Lipinski definition) is 0. The fourth-order valence-electron chi connectivity index (χ4n) is 5.20. The molecule has 116 valence electrons. The molecule has 0 unspecified atom stereocenters. The fourth-order valence-corrected chi connectivity index (χ4v) is 5.20. The Morgan fingerprint density at radius 3 is 2.22 bits per heavy atom. The van der Waals surface area contributed by atoms with Crippen LogP contribution in [0.2, 0.25) is 0 Å². The Labute approximate surface area is 134 Å². The Morgan fingerprint density at radius 1 is 1.09 bits per heavy atom. The lowest BCUT2D eigenvalue weighted by molar-refractivity contribution is -0.123. The maximum absolute atomic E-state index is 13.0. The third kappa shape index (κ3) is 1.44. The zero-order valence-electron chi connectivity index (χ0n) is 12.9. The highest BCUT2D eigenvalue weighted by atomic mass is 16.2. The third-order valence-corrected chi connectivity index (χ3v) is 6.36. The number of Topliss-reactive ketones (excluding diaryl/α,β-unsaturated/α-hetero) is 1. The molecule has 2 saturated carbocycles. The van der Waals surface area contributed by atoms with Crippen LogP contribution in [0.15, 0.2) is 36.4 Å². The highest BCUT2D eigenvalue weighted by Gasteiger charge is 2.73. The van der Waals surface area contributed by atoms with Gasteiger partial charge in [-0.25, -0.2) is 4.90 Å². The van der Waals surface area contributed by atoms with Gasteiger partial charge in [-0.3, -0.25) is 14.4 Å². The second kappa shape index (κ2) is 3.99. The normalized spacial score (nSPS) is 35.3. The maximum Gasteiger partial charge on any atom is 0.238 e. The van der Waals surface area contributed by atoms with Crippen LogP contribution in [0.4, 0.5) is 5.69 Å². The molecule has 1 aromatic carbocycles. The van der Waals surface area contributed by atoms with Crippen LogP contribution in [0.25, 0.3) is 0 Å². The molecule has 0 aromatic heterocycles. The first-order valence-corrected chi connectivity index (χ1v) is 8.22. The van der Waals surface area contributed by atoms with Crippen LogP contribution in [0.1, 0.15) is 30.1 Å². The summed E-state index contributed by atoms with van der Waals surface area (Å²) in [5.41, 5.74) is 1.28. The van der Waals surface area contributed by atoms with E-state index in [1.54, 1.807) is 24.3 Å². The number of imide groups is 1. The molecule has 1 aromatic rings. The van der Waals surface area contributed by atoms with Crippen LogP contribution in [0, 0.1) is 29.1 Å². The Morgan fingerprint density at radius 2 is 1.70 bits per heavy atom. The van der Waals surface area contributed by atoms with Crippen molar-refractivity contribution < 1.29 is 14.4 Å². The van der Waals surface area contributed by atoms with Crippen molar-refractivity contribution in [1.82, 2.24) is 0 Å². The molecule has 4 aliphatic rings. The van der Waals surface area contributed by atoms with Crippen LogP contribution in [0.5, 0.6) is 0 Å². The summed E-state index contributed by atoms with van der Waals surface area (Å²) in [7, 11) is 0. The Hall–Kier alpha value is -2.23. The molecule has 0 N–H and O–H groups in total. The first kappa shape index (κ1) is 13.2. The lowest BCUT2D eigenvalue weighted by atomic mass is 9.85. The molecule has 2 bridgehead atoms. The lowest BCUT2D eigenvalue weighted by Crippen LogP contribution is -2.34. The van der Waals surface area contributed by atoms with E-state index >= 15 is 0 Å². The Kier molecular flexibility index (Phi) is 2.30. The van der Waals surface area contributed by atoms with Gasteiger partial charge in [0.25, 0.3) is 0 Å². The second-order valence-electron chi connectivity index (χ2n) is 7.34. The Bertz CT molecular complexity index is 771. The topological polar surface area (TPSA) is 54.5 Å². The van der Waals surface area contributed by atoms with E-state index in [4.69, 9.17) is 0 Å². The van der Waals surface area contributed by atoms with Crippen LogP contribution >= 0.6 is 0 Å². The van der Waals surface area contributed by atoms with Crippen molar-refractivity contribution in [1.29, 1.82) is 0 Å². The van der Waals surface area contributed by atoms with E-state index in [9.17, 15) is 14.4 Å². The number of fused-ring (bicyclic) bond motifs is 3. The van der Waals surface area contributed by atoms with Crippen LogP contribution in [-0.2, 0) is 9.59 Å². The van der Waals surface area contributed by atoms with E-state index in [0.717, 1.165) is 12.8 Å². The molecule has 1 spiro atoms. The van der Waals surface area contributed by atoms with Crippen LogP contribution in [0.3, 0.4) is 0 Å². The number of benzene rings is 1. The minimum Gasteiger partial charge on any atom is -0.295 e. The molecular formula is C19H17NO3. The summed E-state index contributed by atoms with van der Waals surface area (Å²) < 4.78 is 0. The molecular weight excluding hydrogens is 290 g/mol. The van der Waals surface area contributed by atoms with E-state index in [0.29, 0.717) is 11.3 Å². The van der Waals surface area contributed by atoms with Gasteiger partial charge in [0.2, 0.25) is 11.8 Å². The van der Waals surface area contributed by atoms with Gasteiger partial charge in [-0.15, -0.1) is 0 Å². The van der Waals surface area contributed by atoms with E-state index in [-0.39, 0.29) is 46.7 Å². The van der Waals surface area contributed by atoms with Gasteiger partial charge >= 0.3 is 0 Å². The molecule has 0 radical (unpaired) electrons. The molecule has 4 atom stereocenters. The molecule has 5 rings (SSSR count). The summed E-state index contributed by atoms with van der Waals surface area (Å²) in [6.45, 7) is 1.49. The Balaban J connectivity index is 1.56. The molecule has 23 heavy (non-hydrogen) atoms. The molecule has 4 nitrogen and oxygen atoms in total. The van der Waals surface area contributed by atoms with Crippen LogP contribution in [-0.4, -0.2) is 17.6 Å². The number of carbonyl (C=O) groups is 3. The van der Waals surface area contributed by atoms with Gasteiger partial charge in [-0.05, 0) is 49.1 Å². The van der Waals surface area contributed by atoms with Gasteiger partial charge in [-0.2, -0.15) is 0 Å². The second-order valence-corrected chi connectivity index (χ2v) is 7.34. The lowest BCUT2D eigenvalue weighted by Gasteiger charge is -2.22. The first-order chi connectivity index (χ1) is 11.0. The summed E-state index contributed by atoms with van der Waals surface area (Å²) in [5.74, 6) is -0.149. The van der Waals surface area contributed by atoms with Crippen molar-refractivity contribution in [3.05, 3.63) is 42.0 Å². The summed E-state index contributed by atoms with van der Waals surface area (Å²) in [6.07, 6.45) is 6.62. The molecule has 3 fully saturated rings. The van der Waals surface area contributed by atoms with Gasteiger partial charge in [0.15, 0.2) is 5.78 Å². The van der Waals surface area contributed by atoms with Gasteiger partial charge in [0.05, 0.1) is 17.5 Å². The van der Waals surface area contributed by atoms with Gasteiger partial charge in [0, 0.05) is 5.56 Å². The number of amides is 2. The number of carbonyl (C=O) groups excluding carboxylic acids is 3. The highest BCUT2D eigenvalue weighted by molar-refractivity contribution is 6.23. The highest BCUT2D eigenvalue weighted by Crippen LogP contribution is 2.73. The van der Waals surface area contributed by atoms with Gasteiger partial charge in [0.1, 0.15) is 0 Å². The standard InChI is InChI=1S/C19H17NO3/c1-10(21)11-3-2-4-12(9-11)20-17(22)15-13-5-6-14(16(15)18(20)23)19(13)7-8-19/h2-6,9,13-16H,7-8H2,1H3/t13-,14-,15+,16+/m1/s1.